The average Bonchev–Trinajstić information content (AvgIpc) is 3.16. The molecule has 0 saturated carbocycles. The summed E-state index contributed by atoms with van der Waals surface area (Å²) in [6.45, 7) is 1.83. The number of benzene rings is 2. The lowest BCUT2D eigenvalue weighted by atomic mass is 10.1. The number of hydrogen-bond acceptors (Lipinski definition) is 3. The first-order valence-corrected chi connectivity index (χ1v) is 9.56. The molecule has 134 valence electrons. The van der Waals surface area contributed by atoms with E-state index in [9.17, 15) is 13.2 Å². The van der Waals surface area contributed by atoms with Crippen LogP contribution in [0.5, 0.6) is 0 Å². The van der Waals surface area contributed by atoms with E-state index in [1.165, 1.54) is 12.1 Å². The lowest BCUT2D eigenvalue weighted by Crippen LogP contribution is -2.26. The number of amides is 1. The van der Waals surface area contributed by atoms with Crippen molar-refractivity contribution in [3.8, 4) is 5.69 Å². The van der Waals surface area contributed by atoms with Gasteiger partial charge in [-0.2, -0.15) is 0 Å². The van der Waals surface area contributed by atoms with Gasteiger partial charge in [0.25, 0.3) is 5.91 Å². The number of carbonyl (C=O) groups is 1. The molecule has 0 aliphatic heterocycles. The molecular weight excluding hydrogens is 350 g/mol. The maximum atomic E-state index is 12.5. The van der Waals surface area contributed by atoms with E-state index in [0.29, 0.717) is 5.56 Å². The van der Waals surface area contributed by atoms with Crippen LogP contribution in [0.15, 0.2) is 78.0 Å². The maximum Gasteiger partial charge on any atom is 0.251 e. The molecule has 0 aliphatic carbocycles. The van der Waals surface area contributed by atoms with Gasteiger partial charge >= 0.3 is 0 Å². The second kappa shape index (κ2) is 7.15. The van der Waals surface area contributed by atoms with Crippen molar-refractivity contribution < 1.29 is 13.2 Å². The highest BCUT2D eigenvalue weighted by Crippen LogP contribution is 2.17. The zero-order chi connectivity index (χ0) is 18.7. The van der Waals surface area contributed by atoms with Gasteiger partial charge < -0.3 is 9.88 Å². The molecule has 3 N–H and O–H groups in total. The minimum absolute atomic E-state index is 0.0409. The quantitative estimate of drug-likeness (QED) is 0.724. The van der Waals surface area contributed by atoms with Gasteiger partial charge in [-0.15, -0.1) is 0 Å². The highest BCUT2D eigenvalue weighted by atomic mass is 32.2. The summed E-state index contributed by atoms with van der Waals surface area (Å²) in [6, 6.07) is 17.0. The highest BCUT2D eigenvalue weighted by Gasteiger charge is 2.14. The summed E-state index contributed by atoms with van der Waals surface area (Å²) in [5.41, 5.74) is 2.23. The van der Waals surface area contributed by atoms with Crippen molar-refractivity contribution in [1.29, 1.82) is 0 Å². The molecule has 7 heteroatoms. The third-order valence-electron chi connectivity index (χ3n) is 4.07. The molecule has 6 nitrogen and oxygen atoms in total. The zero-order valence-electron chi connectivity index (χ0n) is 14.2. The lowest BCUT2D eigenvalue weighted by Gasteiger charge is -2.15. The molecule has 0 bridgehead atoms. The fraction of sp³-hybridized carbons (Fsp3) is 0.105. The van der Waals surface area contributed by atoms with Gasteiger partial charge in [0, 0.05) is 23.6 Å². The number of hydrogen-bond donors (Lipinski definition) is 2. The molecule has 1 unspecified atom stereocenters. The van der Waals surface area contributed by atoms with E-state index in [0.717, 1.165) is 11.3 Å². The van der Waals surface area contributed by atoms with Gasteiger partial charge in [0.2, 0.25) is 10.0 Å². The number of primary sulfonamides is 1. The Morgan fingerprint density at radius 3 is 2.31 bits per heavy atom. The molecule has 1 aromatic heterocycles. The van der Waals surface area contributed by atoms with E-state index in [1.807, 2.05) is 54.2 Å². The van der Waals surface area contributed by atoms with Crippen molar-refractivity contribution >= 4 is 15.9 Å². The lowest BCUT2D eigenvalue weighted by molar-refractivity contribution is 0.0940. The summed E-state index contributed by atoms with van der Waals surface area (Å²) in [7, 11) is -3.73. The molecule has 1 atom stereocenters. The van der Waals surface area contributed by atoms with Gasteiger partial charge in [-0.1, -0.05) is 18.2 Å². The Labute approximate surface area is 152 Å². The van der Waals surface area contributed by atoms with Crippen LogP contribution < -0.4 is 10.5 Å². The van der Waals surface area contributed by atoms with Gasteiger partial charge in [0.1, 0.15) is 0 Å². The molecule has 26 heavy (non-hydrogen) atoms. The summed E-state index contributed by atoms with van der Waals surface area (Å²) in [5, 5.41) is 8.01. The molecule has 0 saturated heterocycles. The van der Waals surface area contributed by atoms with E-state index < -0.39 is 10.0 Å². The number of aromatic nitrogens is 1. The van der Waals surface area contributed by atoms with Crippen LogP contribution in [0.25, 0.3) is 5.69 Å². The zero-order valence-corrected chi connectivity index (χ0v) is 15.0. The van der Waals surface area contributed by atoms with Crippen LogP contribution in [0.1, 0.15) is 28.9 Å². The van der Waals surface area contributed by atoms with Crippen LogP contribution in [0.3, 0.4) is 0 Å². The van der Waals surface area contributed by atoms with Crippen molar-refractivity contribution in [3.63, 3.8) is 0 Å². The largest absolute Gasteiger partial charge is 0.346 e. The van der Waals surface area contributed by atoms with Crippen LogP contribution in [0.4, 0.5) is 0 Å². The number of carbonyl (C=O) groups excluding carboxylic acids is 1. The first-order chi connectivity index (χ1) is 12.3. The van der Waals surface area contributed by atoms with Gasteiger partial charge in [0.15, 0.2) is 0 Å². The van der Waals surface area contributed by atoms with Crippen molar-refractivity contribution in [1.82, 2.24) is 9.88 Å². The van der Waals surface area contributed by atoms with Crippen LogP contribution in [-0.2, 0) is 10.0 Å². The Morgan fingerprint density at radius 2 is 1.69 bits per heavy atom. The average molecular weight is 369 g/mol. The Morgan fingerprint density at radius 1 is 1.04 bits per heavy atom. The summed E-state index contributed by atoms with van der Waals surface area (Å²) in [5.74, 6) is -0.206. The van der Waals surface area contributed by atoms with Crippen molar-refractivity contribution in [3.05, 3.63) is 84.2 Å². The summed E-state index contributed by atoms with van der Waals surface area (Å²) in [6.07, 6.45) is 3.82. The fourth-order valence-corrected chi connectivity index (χ4v) is 3.14. The van der Waals surface area contributed by atoms with E-state index in [4.69, 9.17) is 5.14 Å². The molecular formula is C19H19N3O3S. The number of nitrogens with two attached hydrogens (primary N) is 1. The molecule has 0 spiro atoms. The monoisotopic (exact) mass is 369 g/mol. The molecule has 3 rings (SSSR count). The van der Waals surface area contributed by atoms with Gasteiger partial charge in [-0.3, -0.25) is 4.79 Å². The minimum Gasteiger partial charge on any atom is -0.346 e. The van der Waals surface area contributed by atoms with Gasteiger partial charge in [0.05, 0.1) is 10.9 Å². The predicted octanol–water partition coefficient (Wildman–Crippen LogP) is 2.62. The topological polar surface area (TPSA) is 94.2 Å². The summed E-state index contributed by atoms with van der Waals surface area (Å²) < 4.78 is 24.5. The molecule has 1 amide bonds. The molecule has 0 aliphatic rings. The number of sulfonamides is 1. The van der Waals surface area contributed by atoms with Gasteiger partial charge in [-0.25, -0.2) is 13.6 Å². The third kappa shape index (κ3) is 4.01. The number of rotatable bonds is 5. The van der Waals surface area contributed by atoms with E-state index in [1.54, 1.807) is 18.2 Å². The van der Waals surface area contributed by atoms with Crippen LogP contribution >= 0.6 is 0 Å². The second-order valence-electron chi connectivity index (χ2n) is 5.95. The molecule has 0 fully saturated rings. The van der Waals surface area contributed by atoms with Crippen molar-refractivity contribution in [2.75, 3.05) is 0 Å². The normalized spacial score (nSPS) is 12.5. The fourth-order valence-electron chi connectivity index (χ4n) is 2.62. The third-order valence-corrected chi connectivity index (χ3v) is 5.00. The van der Waals surface area contributed by atoms with Crippen LogP contribution in [-0.4, -0.2) is 18.9 Å². The standard InChI is InChI=1S/C19H19N3O3S/c1-14(15-7-9-18(10-8-15)26(20,24)25)21-19(23)16-5-4-6-17(13-16)22-11-2-3-12-22/h2-14H,1H3,(H,21,23)(H2,20,24,25). The minimum atomic E-state index is -3.73. The smallest absolute Gasteiger partial charge is 0.251 e. The predicted molar refractivity (Wildman–Crippen MR) is 99.5 cm³/mol. The first kappa shape index (κ1) is 17.9. The van der Waals surface area contributed by atoms with Crippen molar-refractivity contribution in [2.24, 2.45) is 5.14 Å². The van der Waals surface area contributed by atoms with E-state index >= 15 is 0 Å². The van der Waals surface area contributed by atoms with Gasteiger partial charge in [-0.05, 0) is 55.0 Å². The Balaban J connectivity index is 1.74. The molecule has 3 aromatic rings. The number of nitrogens with zero attached hydrogens (tertiary/aromatic N) is 1. The second-order valence-corrected chi connectivity index (χ2v) is 7.51. The Kier molecular flexibility index (Phi) is 4.92. The maximum absolute atomic E-state index is 12.5. The number of nitrogens with one attached hydrogen (secondary N) is 1. The molecule has 0 radical (unpaired) electrons. The van der Waals surface area contributed by atoms with E-state index in [2.05, 4.69) is 5.32 Å². The Hall–Kier alpha value is -2.90. The van der Waals surface area contributed by atoms with E-state index in [-0.39, 0.29) is 16.8 Å². The highest BCUT2D eigenvalue weighted by molar-refractivity contribution is 7.89. The molecule has 2 aromatic carbocycles. The molecule has 1 heterocycles. The first-order valence-electron chi connectivity index (χ1n) is 8.01. The van der Waals surface area contributed by atoms with Crippen LogP contribution in [0.2, 0.25) is 0 Å². The SMILES string of the molecule is CC(NC(=O)c1cccc(-n2cccc2)c1)c1ccc(S(N)(=O)=O)cc1. The van der Waals surface area contributed by atoms with Crippen molar-refractivity contribution in [2.45, 2.75) is 17.9 Å². The summed E-state index contributed by atoms with van der Waals surface area (Å²) >= 11 is 0. The Bertz CT molecular complexity index is 1010. The van der Waals surface area contributed by atoms with Crippen LogP contribution in [0, 0.1) is 0 Å². The summed E-state index contributed by atoms with van der Waals surface area (Å²) in [4.78, 5) is 12.6.